The van der Waals surface area contributed by atoms with Crippen LogP contribution in [0.5, 0.6) is 0 Å². The molecule has 0 aromatic carbocycles. The van der Waals surface area contributed by atoms with E-state index in [0.29, 0.717) is 18.0 Å². The Morgan fingerprint density at radius 3 is 1.87 bits per heavy atom. The number of hydrogen-bond acceptors (Lipinski definition) is 2. The van der Waals surface area contributed by atoms with Crippen molar-refractivity contribution >= 4 is 0 Å². The molecule has 0 aliphatic rings. The van der Waals surface area contributed by atoms with Gasteiger partial charge in [-0.05, 0) is 18.9 Å². The molecule has 1 atom stereocenters. The van der Waals surface area contributed by atoms with Crippen molar-refractivity contribution in [1.29, 1.82) is 0 Å². The van der Waals surface area contributed by atoms with Crippen molar-refractivity contribution in [3.05, 3.63) is 0 Å². The lowest BCUT2D eigenvalue weighted by Crippen LogP contribution is -2.46. The molecule has 0 aromatic rings. The standard InChI is InChI=1S/C13H30N2/c1-10(2)9-15(7)13(11(3)4)8-14-12(5)6/h10-14H,8-9H2,1-7H3. The largest absolute Gasteiger partial charge is 0.313 e. The van der Waals surface area contributed by atoms with Crippen LogP contribution in [0.2, 0.25) is 0 Å². The Hall–Kier alpha value is -0.0800. The second-order valence-electron chi connectivity index (χ2n) is 5.71. The molecule has 0 amide bonds. The summed E-state index contributed by atoms with van der Waals surface area (Å²) in [7, 11) is 2.24. The third kappa shape index (κ3) is 6.91. The Balaban J connectivity index is 4.13. The van der Waals surface area contributed by atoms with Crippen LogP contribution in [-0.2, 0) is 0 Å². The van der Waals surface area contributed by atoms with Gasteiger partial charge in [-0.1, -0.05) is 41.5 Å². The maximum atomic E-state index is 3.54. The van der Waals surface area contributed by atoms with Crippen LogP contribution in [-0.4, -0.2) is 37.1 Å². The second kappa shape index (κ2) is 7.24. The van der Waals surface area contributed by atoms with E-state index in [9.17, 15) is 0 Å². The smallest absolute Gasteiger partial charge is 0.0240 e. The average Bonchev–Trinajstić information content (AvgIpc) is 2.01. The summed E-state index contributed by atoms with van der Waals surface area (Å²) in [4.78, 5) is 2.49. The molecule has 0 spiro atoms. The first-order chi connectivity index (χ1) is 6.84. The van der Waals surface area contributed by atoms with Gasteiger partial charge in [-0.25, -0.2) is 0 Å². The van der Waals surface area contributed by atoms with Crippen LogP contribution in [0.1, 0.15) is 41.5 Å². The predicted molar refractivity (Wildman–Crippen MR) is 69.2 cm³/mol. The molecule has 1 unspecified atom stereocenters. The van der Waals surface area contributed by atoms with Gasteiger partial charge in [0.05, 0.1) is 0 Å². The number of nitrogens with one attached hydrogen (secondary N) is 1. The molecule has 2 nitrogen and oxygen atoms in total. The van der Waals surface area contributed by atoms with E-state index in [1.165, 1.54) is 6.54 Å². The van der Waals surface area contributed by atoms with Gasteiger partial charge in [-0.15, -0.1) is 0 Å². The third-order valence-electron chi connectivity index (χ3n) is 2.72. The summed E-state index contributed by atoms with van der Waals surface area (Å²) < 4.78 is 0. The van der Waals surface area contributed by atoms with Crippen LogP contribution in [0.4, 0.5) is 0 Å². The first-order valence-corrected chi connectivity index (χ1v) is 6.28. The first kappa shape index (κ1) is 14.9. The molecule has 0 aliphatic carbocycles. The summed E-state index contributed by atoms with van der Waals surface area (Å²) in [5.41, 5.74) is 0. The lowest BCUT2D eigenvalue weighted by atomic mass is 10.0. The zero-order valence-corrected chi connectivity index (χ0v) is 11.7. The van der Waals surface area contributed by atoms with E-state index in [-0.39, 0.29) is 0 Å². The van der Waals surface area contributed by atoms with E-state index in [2.05, 4.69) is 58.8 Å². The number of nitrogens with zero attached hydrogens (tertiary/aromatic N) is 1. The Morgan fingerprint density at radius 1 is 1.00 bits per heavy atom. The fourth-order valence-electron chi connectivity index (χ4n) is 1.97. The first-order valence-electron chi connectivity index (χ1n) is 6.28. The minimum Gasteiger partial charge on any atom is -0.313 e. The predicted octanol–water partition coefficient (Wildman–Crippen LogP) is 2.60. The molecule has 0 saturated carbocycles. The molecule has 92 valence electrons. The van der Waals surface area contributed by atoms with Crippen LogP contribution in [0.15, 0.2) is 0 Å². The lowest BCUT2D eigenvalue weighted by molar-refractivity contribution is 0.167. The van der Waals surface area contributed by atoms with E-state index in [1.54, 1.807) is 0 Å². The van der Waals surface area contributed by atoms with Crippen molar-refractivity contribution in [3.8, 4) is 0 Å². The zero-order valence-electron chi connectivity index (χ0n) is 11.7. The van der Waals surface area contributed by atoms with Gasteiger partial charge >= 0.3 is 0 Å². The molecule has 0 aromatic heterocycles. The second-order valence-corrected chi connectivity index (χ2v) is 5.71. The number of likely N-dealkylation sites (N-methyl/N-ethyl adjacent to an activating group) is 1. The van der Waals surface area contributed by atoms with E-state index in [0.717, 1.165) is 12.5 Å². The maximum absolute atomic E-state index is 3.54. The molecular weight excluding hydrogens is 184 g/mol. The number of hydrogen-bond donors (Lipinski definition) is 1. The summed E-state index contributed by atoms with van der Waals surface area (Å²) in [6.07, 6.45) is 0. The van der Waals surface area contributed by atoms with Gasteiger partial charge < -0.3 is 10.2 Å². The SMILES string of the molecule is CC(C)CN(C)C(CNC(C)C)C(C)C. The van der Waals surface area contributed by atoms with Crippen LogP contribution < -0.4 is 5.32 Å². The van der Waals surface area contributed by atoms with Crippen molar-refractivity contribution in [3.63, 3.8) is 0 Å². The highest BCUT2D eigenvalue weighted by Crippen LogP contribution is 2.10. The molecule has 2 heteroatoms. The third-order valence-corrected chi connectivity index (χ3v) is 2.72. The fourth-order valence-corrected chi connectivity index (χ4v) is 1.97. The van der Waals surface area contributed by atoms with Crippen molar-refractivity contribution in [2.75, 3.05) is 20.1 Å². The summed E-state index contributed by atoms with van der Waals surface area (Å²) in [6, 6.07) is 1.23. The zero-order chi connectivity index (χ0) is 12.0. The summed E-state index contributed by atoms with van der Waals surface area (Å²) in [5, 5.41) is 3.54. The van der Waals surface area contributed by atoms with Crippen LogP contribution in [0, 0.1) is 11.8 Å². The average molecular weight is 214 g/mol. The van der Waals surface area contributed by atoms with Gasteiger partial charge in [-0.3, -0.25) is 0 Å². The minimum atomic E-state index is 0.582. The van der Waals surface area contributed by atoms with Gasteiger partial charge in [0.25, 0.3) is 0 Å². The van der Waals surface area contributed by atoms with Crippen molar-refractivity contribution in [2.24, 2.45) is 11.8 Å². The van der Waals surface area contributed by atoms with Gasteiger partial charge in [0.1, 0.15) is 0 Å². The molecule has 1 N–H and O–H groups in total. The summed E-state index contributed by atoms with van der Waals surface area (Å²) in [6.45, 7) is 15.9. The van der Waals surface area contributed by atoms with Crippen LogP contribution in [0.3, 0.4) is 0 Å². The number of rotatable bonds is 7. The van der Waals surface area contributed by atoms with Crippen LogP contribution in [0.25, 0.3) is 0 Å². The molecule has 0 heterocycles. The highest BCUT2D eigenvalue weighted by molar-refractivity contribution is 4.76. The maximum Gasteiger partial charge on any atom is 0.0240 e. The minimum absolute atomic E-state index is 0.582. The van der Waals surface area contributed by atoms with E-state index in [4.69, 9.17) is 0 Å². The van der Waals surface area contributed by atoms with Crippen molar-refractivity contribution < 1.29 is 0 Å². The van der Waals surface area contributed by atoms with E-state index < -0.39 is 0 Å². The molecule has 0 rings (SSSR count). The van der Waals surface area contributed by atoms with Crippen molar-refractivity contribution in [1.82, 2.24) is 10.2 Å². The summed E-state index contributed by atoms with van der Waals surface area (Å²) >= 11 is 0. The Morgan fingerprint density at radius 2 is 1.53 bits per heavy atom. The van der Waals surface area contributed by atoms with Crippen LogP contribution >= 0.6 is 0 Å². The van der Waals surface area contributed by atoms with Gasteiger partial charge in [0.2, 0.25) is 0 Å². The molecule has 0 aliphatic heterocycles. The van der Waals surface area contributed by atoms with Crippen molar-refractivity contribution in [2.45, 2.75) is 53.6 Å². The van der Waals surface area contributed by atoms with E-state index >= 15 is 0 Å². The quantitative estimate of drug-likeness (QED) is 0.701. The molecule has 0 bridgehead atoms. The molecule has 0 saturated heterocycles. The fraction of sp³-hybridized carbons (Fsp3) is 1.00. The highest BCUT2D eigenvalue weighted by atomic mass is 15.2. The van der Waals surface area contributed by atoms with Gasteiger partial charge in [0.15, 0.2) is 0 Å². The normalized spacial score (nSPS) is 14.6. The van der Waals surface area contributed by atoms with Gasteiger partial charge in [-0.2, -0.15) is 0 Å². The highest BCUT2D eigenvalue weighted by Gasteiger charge is 2.19. The van der Waals surface area contributed by atoms with E-state index in [1.807, 2.05) is 0 Å². The Kier molecular flexibility index (Phi) is 7.20. The van der Waals surface area contributed by atoms with Gasteiger partial charge in [0, 0.05) is 25.2 Å². The Bertz CT molecular complexity index is 153. The molecule has 15 heavy (non-hydrogen) atoms. The Labute approximate surface area is 96.4 Å². The topological polar surface area (TPSA) is 15.3 Å². The lowest BCUT2D eigenvalue weighted by Gasteiger charge is -2.33. The summed E-state index contributed by atoms with van der Waals surface area (Å²) in [5.74, 6) is 1.45. The monoisotopic (exact) mass is 214 g/mol. The molecule has 0 radical (unpaired) electrons. The molecule has 0 fully saturated rings. The molecular formula is C13H30N2.